The number of nitrogens with one attached hydrogen (secondary N) is 1. The van der Waals surface area contributed by atoms with E-state index in [1.807, 2.05) is 0 Å². The maximum Gasteiger partial charge on any atom is 0.307 e. The summed E-state index contributed by atoms with van der Waals surface area (Å²) in [5.41, 5.74) is 2.76. The van der Waals surface area contributed by atoms with Crippen LogP contribution in [0.15, 0.2) is 24.3 Å². The van der Waals surface area contributed by atoms with Gasteiger partial charge in [-0.1, -0.05) is 30.7 Å². The molecule has 0 spiro atoms. The second-order valence-electron chi connectivity index (χ2n) is 5.49. The molecule has 3 heteroatoms. The van der Waals surface area contributed by atoms with Crippen LogP contribution in [0.25, 0.3) is 0 Å². The van der Waals surface area contributed by atoms with Crippen molar-refractivity contribution in [1.82, 2.24) is 5.32 Å². The molecular weight excluding hydrogens is 226 g/mol. The molecule has 1 saturated heterocycles. The van der Waals surface area contributed by atoms with Crippen molar-refractivity contribution in [3.8, 4) is 0 Å². The van der Waals surface area contributed by atoms with E-state index in [1.54, 1.807) is 0 Å². The Morgan fingerprint density at radius 3 is 2.50 bits per heavy atom. The summed E-state index contributed by atoms with van der Waals surface area (Å²) in [6.45, 7) is 0.596. The van der Waals surface area contributed by atoms with Crippen molar-refractivity contribution >= 4 is 5.97 Å². The zero-order valence-corrected chi connectivity index (χ0v) is 10.4. The normalized spacial score (nSPS) is 28.0. The van der Waals surface area contributed by atoms with Gasteiger partial charge in [0.05, 0.1) is 5.92 Å². The molecule has 2 unspecified atom stereocenters. The Balaban J connectivity index is 1.82. The lowest BCUT2D eigenvalue weighted by atomic mass is 9.77. The molecule has 0 radical (unpaired) electrons. The van der Waals surface area contributed by atoms with Crippen LogP contribution in [0.1, 0.15) is 48.8 Å². The Morgan fingerprint density at radius 1 is 1.22 bits per heavy atom. The molecule has 1 aliphatic carbocycles. The fraction of sp³-hybridized carbons (Fsp3) is 0.533. The second-order valence-corrected chi connectivity index (χ2v) is 5.49. The van der Waals surface area contributed by atoms with Crippen LogP contribution in [-0.4, -0.2) is 17.6 Å². The second kappa shape index (κ2) is 4.73. The minimum absolute atomic E-state index is 0.225. The van der Waals surface area contributed by atoms with Crippen LogP contribution in [0.2, 0.25) is 0 Å². The summed E-state index contributed by atoms with van der Waals surface area (Å²) in [6, 6.07) is 8.77. The quantitative estimate of drug-likeness (QED) is 0.860. The monoisotopic (exact) mass is 245 g/mol. The minimum Gasteiger partial charge on any atom is -0.481 e. The molecule has 2 aliphatic rings. The predicted octanol–water partition coefficient (Wildman–Crippen LogP) is 2.69. The van der Waals surface area contributed by atoms with Crippen molar-refractivity contribution < 1.29 is 9.90 Å². The van der Waals surface area contributed by atoms with Crippen LogP contribution in [0.3, 0.4) is 0 Å². The van der Waals surface area contributed by atoms with Crippen LogP contribution in [0.5, 0.6) is 0 Å². The predicted molar refractivity (Wildman–Crippen MR) is 69.5 cm³/mol. The highest BCUT2D eigenvalue weighted by atomic mass is 16.4. The summed E-state index contributed by atoms with van der Waals surface area (Å²) in [5, 5.41) is 12.4. The first-order chi connectivity index (χ1) is 8.75. The summed E-state index contributed by atoms with van der Waals surface area (Å²) >= 11 is 0. The molecule has 1 aliphatic heterocycles. The van der Waals surface area contributed by atoms with Gasteiger partial charge in [-0.2, -0.15) is 0 Å². The van der Waals surface area contributed by atoms with E-state index < -0.39 is 5.97 Å². The van der Waals surface area contributed by atoms with Crippen molar-refractivity contribution in [2.75, 3.05) is 6.54 Å². The Hall–Kier alpha value is -1.35. The molecular formula is C15H19NO2. The summed E-state index contributed by atoms with van der Waals surface area (Å²) in [6.07, 6.45) is 4.62. The molecule has 0 amide bonds. The van der Waals surface area contributed by atoms with E-state index in [2.05, 4.69) is 29.6 Å². The van der Waals surface area contributed by atoms with Crippen molar-refractivity contribution in [2.24, 2.45) is 5.92 Å². The van der Waals surface area contributed by atoms with E-state index in [4.69, 9.17) is 5.11 Å². The van der Waals surface area contributed by atoms with Gasteiger partial charge in [0, 0.05) is 12.6 Å². The van der Waals surface area contributed by atoms with Gasteiger partial charge in [0.2, 0.25) is 0 Å². The molecule has 2 atom stereocenters. The standard InChI is InChI=1S/C15H19NO2/c17-15(18)11-8-14(16-9-11)13-7-2-1-6-12(13)10-4-3-5-10/h1-2,6-7,10-11,14,16H,3-5,8-9H2,(H,17,18). The Labute approximate surface area is 107 Å². The third kappa shape index (κ3) is 2.03. The van der Waals surface area contributed by atoms with E-state index in [-0.39, 0.29) is 12.0 Å². The number of benzene rings is 1. The van der Waals surface area contributed by atoms with Crippen LogP contribution in [0, 0.1) is 5.92 Å². The molecule has 0 bridgehead atoms. The minimum atomic E-state index is -0.675. The Bertz CT molecular complexity index is 454. The van der Waals surface area contributed by atoms with Crippen LogP contribution in [-0.2, 0) is 4.79 Å². The highest BCUT2D eigenvalue weighted by Crippen LogP contribution is 2.41. The number of aliphatic carboxylic acids is 1. The zero-order chi connectivity index (χ0) is 12.5. The topological polar surface area (TPSA) is 49.3 Å². The molecule has 1 aromatic rings. The fourth-order valence-corrected chi connectivity index (χ4v) is 3.08. The summed E-state index contributed by atoms with van der Waals surface area (Å²) in [4.78, 5) is 11.0. The molecule has 3 nitrogen and oxygen atoms in total. The maximum atomic E-state index is 11.0. The smallest absolute Gasteiger partial charge is 0.307 e. The fourth-order valence-electron chi connectivity index (χ4n) is 3.08. The van der Waals surface area contributed by atoms with Gasteiger partial charge in [0.15, 0.2) is 0 Å². The van der Waals surface area contributed by atoms with Gasteiger partial charge in [-0.25, -0.2) is 0 Å². The number of carbonyl (C=O) groups is 1. The van der Waals surface area contributed by atoms with Gasteiger partial charge in [0.1, 0.15) is 0 Å². The van der Waals surface area contributed by atoms with Crippen molar-refractivity contribution in [3.05, 3.63) is 35.4 Å². The highest BCUT2D eigenvalue weighted by Gasteiger charge is 2.32. The first-order valence-electron chi connectivity index (χ1n) is 6.80. The Morgan fingerprint density at radius 2 is 1.94 bits per heavy atom. The number of carboxylic acids is 1. The average Bonchev–Trinajstić information content (AvgIpc) is 2.77. The van der Waals surface area contributed by atoms with E-state index in [0.717, 1.165) is 6.42 Å². The molecule has 18 heavy (non-hydrogen) atoms. The van der Waals surface area contributed by atoms with Gasteiger partial charge >= 0.3 is 5.97 Å². The summed E-state index contributed by atoms with van der Waals surface area (Å²) < 4.78 is 0. The maximum absolute atomic E-state index is 11.0. The molecule has 2 fully saturated rings. The van der Waals surface area contributed by atoms with Crippen molar-refractivity contribution in [2.45, 2.75) is 37.6 Å². The lowest BCUT2D eigenvalue weighted by molar-refractivity contribution is -0.141. The first kappa shape index (κ1) is 11.7. The van der Waals surface area contributed by atoms with Crippen LogP contribution >= 0.6 is 0 Å². The molecule has 3 rings (SSSR count). The zero-order valence-electron chi connectivity index (χ0n) is 10.4. The summed E-state index contributed by atoms with van der Waals surface area (Å²) in [5.74, 6) is -0.206. The highest BCUT2D eigenvalue weighted by molar-refractivity contribution is 5.70. The SMILES string of the molecule is O=C(O)C1CNC(c2ccccc2C2CCC2)C1. The molecule has 2 N–H and O–H groups in total. The number of hydrogen-bond acceptors (Lipinski definition) is 2. The number of carboxylic acid groups (broad SMARTS) is 1. The van der Waals surface area contributed by atoms with Crippen LogP contribution in [0.4, 0.5) is 0 Å². The first-order valence-corrected chi connectivity index (χ1v) is 6.80. The third-order valence-corrected chi connectivity index (χ3v) is 4.40. The lowest BCUT2D eigenvalue weighted by Crippen LogP contribution is -2.19. The molecule has 1 aromatic carbocycles. The van der Waals surface area contributed by atoms with E-state index in [9.17, 15) is 4.79 Å². The van der Waals surface area contributed by atoms with Crippen molar-refractivity contribution in [3.63, 3.8) is 0 Å². The molecule has 96 valence electrons. The summed E-state index contributed by atoms with van der Waals surface area (Å²) in [7, 11) is 0. The number of hydrogen-bond donors (Lipinski definition) is 2. The lowest BCUT2D eigenvalue weighted by Gasteiger charge is -2.29. The van der Waals surface area contributed by atoms with E-state index in [1.165, 1.54) is 30.4 Å². The molecule has 1 heterocycles. The molecule has 1 saturated carbocycles. The van der Waals surface area contributed by atoms with Gasteiger partial charge in [0.25, 0.3) is 0 Å². The molecule has 0 aromatic heterocycles. The average molecular weight is 245 g/mol. The van der Waals surface area contributed by atoms with Gasteiger partial charge in [-0.3, -0.25) is 4.79 Å². The van der Waals surface area contributed by atoms with Gasteiger partial charge in [-0.15, -0.1) is 0 Å². The van der Waals surface area contributed by atoms with Gasteiger partial charge in [-0.05, 0) is 36.3 Å². The third-order valence-electron chi connectivity index (χ3n) is 4.40. The van der Waals surface area contributed by atoms with Gasteiger partial charge < -0.3 is 10.4 Å². The largest absolute Gasteiger partial charge is 0.481 e. The van der Waals surface area contributed by atoms with E-state index in [0.29, 0.717) is 12.5 Å². The van der Waals surface area contributed by atoms with E-state index >= 15 is 0 Å². The number of rotatable bonds is 3. The van der Waals surface area contributed by atoms with Crippen LogP contribution < -0.4 is 5.32 Å². The Kier molecular flexibility index (Phi) is 3.08. The van der Waals surface area contributed by atoms with Crippen molar-refractivity contribution in [1.29, 1.82) is 0 Å².